The number of halogens is 5. The van der Waals surface area contributed by atoms with Crippen LogP contribution in [0.2, 0.25) is 0 Å². The summed E-state index contributed by atoms with van der Waals surface area (Å²) >= 11 is 0. The number of hydrogen-bond donors (Lipinski definition) is 2. The Morgan fingerprint density at radius 2 is 0.979 bits per heavy atom. The average Bonchev–Trinajstić information content (AvgIpc) is 3.06. The summed E-state index contributed by atoms with van der Waals surface area (Å²) in [4.78, 5) is 25.0. The van der Waals surface area contributed by atoms with E-state index in [0.29, 0.717) is 22.3 Å². The summed E-state index contributed by atoms with van der Waals surface area (Å²) in [5.74, 6) is -4.98. The minimum absolute atomic E-state index is 0. The Morgan fingerprint density at radius 3 is 1.31 bits per heavy atom. The monoisotopic (exact) mass is 684 g/mol. The van der Waals surface area contributed by atoms with Crippen LogP contribution in [0.5, 0.6) is 0 Å². The molecule has 0 aliphatic rings. The van der Waals surface area contributed by atoms with E-state index >= 15 is 0 Å². The molecule has 0 saturated carbocycles. The fourth-order valence-electron chi connectivity index (χ4n) is 5.00. The summed E-state index contributed by atoms with van der Waals surface area (Å²) in [6.45, 7) is -0.330. The van der Waals surface area contributed by atoms with E-state index in [1.54, 1.807) is 48.5 Å². The molecule has 48 heavy (non-hydrogen) atoms. The molecule has 7 nitrogen and oxygen atoms in total. The molecule has 0 aliphatic heterocycles. The first-order valence-electron chi connectivity index (χ1n) is 14.7. The molecular formula is C36H33ClF4N2O5. The average molecular weight is 685 g/mol. The van der Waals surface area contributed by atoms with E-state index in [-0.39, 0.29) is 62.8 Å². The van der Waals surface area contributed by atoms with E-state index in [1.807, 2.05) is 0 Å². The van der Waals surface area contributed by atoms with Crippen molar-refractivity contribution in [3.05, 3.63) is 119 Å². The molecule has 0 fully saturated rings. The van der Waals surface area contributed by atoms with E-state index in [0.717, 1.165) is 36.7 Å². The lowest BCUT2D eigenvalue weighted by Gasteiger charge is -2.21. The van der Waals surface area contributed by atoms with Gasteiger partial charge in [0.25, 0.3) is 0 Å². The molecule has 2 N–H and O–H groups in total. The number of benzene rings is 4. The van der Waals surface area contributed by atoms with Gasteiger partial charge in [-0.3, -0.25) is 9.59 Å². The predicted molar refractivity (Wildman–Crippen MR) is 176 cm³/mol. The summed E-state index contributed by atoms with van der Waals surface area (Å²) in [7, 11) is 0. The standard InChI is InChI=1S/C36H32F4N2O5.ClH/c37-29-9-11-31(33(39)19-29)25-5-1-23(2-6-25)27(17-35(43)46-15-13-41)21-45-22-28(18-36(44)47-16-14-42)24-3-7-26(8-4-24)32-12-10-30(38)20-34(32)40;/h1-14,19-20,27-28,41-42H,15-18,21-22H2;1H. The van der Waals surface area contributed by atoms with Crippen LogP contribution in [0.25, 0.3) is 22.3 Å². The van der Waals surface area contributed by atoms with Crippen LogP contribution < -0.4 is 0 Å². The van der Waals surface area contributed by atoms with Crippen LogP contribution in [0, 0.1) is 34.1 Å². The number of rotatable bonds is 16. The summed E-state index contributed by atoms with van der Waals surface area (Å²) in [6, 6.07) is 20.0. The molecule has 12 heteroatoms. The van der Waals surface area contributed by atoms with Crippen molar-refractivity contribution in [2.45, 2.75) is 24.7 Å². The minimum Gasteiger partial charge on any atom is -0.460 e. The van der Waals surface area contributed by atoms with Crippen LogP contribution in [0.4, 0.5) is 17.6 Å². The van der Waals surface area contributed by atoms with Crippen molar-refractivity contribution in [3.63, 3.8) is 0 Å². The molecule has 4 aromatic carbocycles. The highest BCUT2D eigenvalue weighted by molar-refractivity contribution is 5.85. The van der Waals surface area contributed by atoms with Gasteiger partial charge in [0, 0.05) is 47.5 Å². The van der Waals surface area contributed by atoms with Crippen LogP contribution in [0.1, 0.15) is 35.8 Å². The second-order valence-electron chi connectivity index (χ2n) is 10.6. The fraction of sp³-hybridized carbons (Fsp3) is 0.222. The van der Waals surface area contributed by atoms with Gasteiger partial charge in [-0.25, -0.2) is 17.6 Å². The lowest BCUT2D eigenvalue weighted by molar-refractivity contribution is -0.143. The van der Waals surface area contributed by atoms with Crippen molar-refractivity contribution >= 4 is 36.8 Å². The van der Waals surface area contributed by atoms with Gasteiger partial charge >= 0.3 is 11.9 Å². The molecule has 0 saturated heterocycles. The molecule has 0 radical (unpaired) electrons. The van der Waals surface area contributed by atoms with Crippen molar-refractivity contribution in [2.24, 2.45) is 0 Å². The zero-order chi connectivity index (χ0) is 33.8. The molecule has 0 aromatic heterocycles. The van der Waals surface area contributed by atoms with Crippen LogP contribution in [-0.2, 0) is 23.8 Å². The second kappa shape index (κ2) is 18.5. The first-order chi connectivity index (χ1) is 22.7. The maximum Gasteiger partial charge on any atom is 0.306 e. The first kappa shape index (κ1) is 37.6. The zero-order valence-electron chi connectivity index (χ0n) is 25.6. The predicted octanol–water partition coefficient (Wildman–Crippen LogP) is 8.05. The highest BCUT2D eigenvalue weighted by atomic mass is 35.5. The third-order valence-corrected chi connectivity index (χ3v) is 7.37. The zero-order valence-corrected chi connectivity index (χ0v) is 26.4. The normalized spacial score (nSPS) is 11.9. The molecule has 0 amide bonds. The molecule has 2 atom stereocenters. The van der Waals surface area contributed by atoms with Gasteiger partial charge in [0.2, 0.25) is 0 Å². The Balaban J connectivity index is 0.00000625. The molecule has 0 heterocycles. The second-order valence-corrected chi connectivity index (χ2v) is 10.6. The molecular weight excluding hydrogens is 652 g/mol. The number of carbonyl (C=O) groups excluding carboxylic acids is 2. The number of esters is 2. The van der Waals surface area contributed by atoms with Gasteiger partial charge in [-0.15, -0.1) is 12.4 Å². The molecule has 0 aliphatic carbocycles. The lowest BCUT2D eigenvalue weighted by Crippen LogP contribution is -2.20. The quantitative estimate of drug-likeness (QED) is 0.0705. The van der Waals surface area contributed by atoms with Crippen molar-refractivity contribution in [2.75, 3.05) is 26.4 Å². The first-order valence-corrected chi connectivity index (χ1v) is 14.7. The summed E-state index contributed by atoms with van der Waals surface area (Å²) < 4.78 is 71.7. The Labute approximate surface area is 281 Å². The Kier molecular flexibility index (Phi) is 14.5. The minimum atomic E-state index is -0.714. The molecule has 0 spiro atoms. The van der Waals surface area contributed by atoms with Crippen LogP contribution in [-0.4, -0.2) is 50.8 Å². The Morgan fingerprint density at radius 1 is 0.604 bits per heavy atom. The molecule has 4 aromatic rings. The van der Waals surface area contributed by atoms with Gasteiger partial charge in [0.15, 0.2) is 0 Å². The van der Waals surface area contributed by atoms with Crippen LogP contribution >= 0.6 is 12.4 Å². The van der Waals surface area contributed by atoms with Gasteiger partial charge in [0.1, 0.15) is 36.5 Å². The smallest absolute Gasteiger partial charge is 0.306 e. The fourth-order valence-corrected chi connectivity index (χ4v) is 5.00. The maximum atomic E-state index is 14.4. The molecule has 0 bridgehead atoms. The summed E-state index contributed by atoms with van der Waals surface area (Å²) in [6.07, 6.45) is 1.71. The van der Waals surface area contributed by atoms with E-state index in [4.69, 9.17) is 25.0 Å². The van der Waals surface area contributed by atoms with Gasteiger partial charge < -0.3 is 25.0 Å². The number of carbonyl (C=O) groups is 2. The summed E-state index contributed by atoms with van der Waals surface area (Å²) in [5, 5.41) is 14.3. The maximum absolute atomic E-state index is 14.4. The summed E-state index contributed by atoms with van der Waals surface area (Å²) in [5.41, 5.74) is 2.78. The van der Waals surface area contributed by atoms with Crippen LogP contribution in [0.3, 0.4) is 0 Å². The van der Waals surface area contributed by atoms with Gasteiger partial charge in [-0.1, -0.05) is 48.5 Å². The van der Waals surface area contributed by atoms with E-state index < -0.39 is 47.0 Å². The Hall–Kier alpha value is -4.87. The van der Waals surface area contributed by atoms with Gasteiger partial charge in [-0.2, -0.15) is 0 Å². The van der Waals surface area contributed by atoms with Crippen molar-refractivity contribution in [1.82, 2.24) is 0 Å². The number of hydrogen-bond acceptors (Lipinski definition) is 7. The Bertz CT molecular complexity index is 1580. The number of nitrogens with one attached hydrogen (secondary N) is 2. The molecule has 252 valence electrons. The van der Waals surface area contributed by atoms with Gasteiger partial charge in [-0.05, 0) is 46.5 Å². The largest absolute Gasteiger partial charge is 0.460 e. The highest BCUT2D eigenvalue weighted by Crippen LogP contribution is 2.30. The van der Waals surface area contributed by atoms with Gasteiger partial charge in [0.05, 0.1) is 26.1 Å². The lowest BCUT2D eigenvalue weighted by atomic mass is 9.93. The van der Waals surface area contributed by atoms with Crippen molar-refractivity contribution < 1.29 is 41.4 Å². The third kappa shape index (κ3) is 10.6. The highest BCUT2D eigenvalue weighted by Gasteiger charge is 2.22. The topological polar surface area (TPSA) is 110 Å². The number of ether oxygens (including phenoxy) is 3. The van der Waals surface area contributed by atoms with Crippen molar-refractivity contribution in [3.8, 4) is 22.3 Å². The van der Waals surface area contributed by atoms with Crippen molar-refractivity contribution in [1.29, 1.82) is 10.8 Å². The van der Waals surface area contributed by atoms with E-state index in [1.165, 1.54) is 12.1 Å². The SMILES string of the molecule is Cl.N=CCOC(=O)CC(COCC(CC(=O)OCC=N)c1ccc(-c2ccc(F)cc2F)cc1)c1ccc(-c2ccc(F)cc2F)cc1. The van der Waals surface area contributed by atoms with E-state index in [2.05, 4.69) is 0 Å². The van der Waals surface area contributed by atoms with Crippen LogP contribution in [0.15, 0.2) is 84.9 Å². The molecule has 2 unspecified atom stereocenters. The third-order valence-electron chi connectivity index (χ3n) is 7.37. The van der Waals surface area contributed by atoms with E-state index in [9.17, 15) is 27.2 Å². The molecule has 4 rings (SSSR count).